The Bertz CT molecular complexity index is 515. The molecule has 1 atom stereocenters. The van der Waals surface area contributed by atoms with Crippen LogP contribution in [0.4, 0.5) is 0 Å². The summed E-state index contributed by atoms with van der Waals surface area (Å²) < 4.78 is 29.5. The Morgan fingerprint density at radius 3 is 2.44 bits per heavy atom. The van der Waals surface area contributed by atoms with Crippen LogP contribution in [-0.2, 0) is 9.92 Å². The molecular formula is C11H22N2O2S2Si. The number of thiophene rings is 1. The fourth-order valence-corrected chi connectivity index (χ4v) is 7.77. The first-order valence-corrected chi connectivity index (χ1v) is 11.1. The molecule has 0 aliphatic heterocycles. The summed E-state index contributed by atoms with van der Waals surface area (Å²) in [5.74, 6) is 0.534. The molecule has 1 unspecified atom stereocenters. The number of hydrogen-bond acceptors (Lipinski definition) is 4. The van der Waals surface area contributed by atoms with Crippen LogP contribution in [0.3, 0.4) is 0 Å². The summed E-state index contributed by atoms with van der Waals surface area (Å²) in [6, 6.07) is 1.75. The van der Waals surface area contributed by atoms with Crippen molar-refractivity contribution >= 4 is 29.5 Å². The fourth-order valence-electron chi connectivity index (χ4n) is 1.20. The molecule has 1 heterocycles. The van der Waals surface area contributed by atoms with E-state index in [1.165, 1.54) is 18.4 Å². The number of methoxy groups -OCH3 is 1. The van der Waals surface area contributed by atoms with Gasteiger partial charge in [0.25, 0.3) is 0 Å². The number of rotatable bonds is 4. The minimum atomic E-state index is -3.00. The maximum absolute atomic E-state index is 12.6. The highest BCUT2D eigenvalue weighted by atomic mass is 32.2. The van der Waals surface area contributed by atoms with Gasteiger partial charge < -0.3 is 4.74 Å². The maximum atomic E-state index is 12.6. The standard InChI is InChI=1S/C11H22N2O2S2Si/c1-11(2,3)18(5,6)13-17(12,14)10-9(15-4)7-8-16-10/h7-8H,1-6H3,(H2,12,13,14). The third kappa shape index (κ3) is 3.14. The monoisotopic (exact) mass is 306 g/mol. The molecule has 1 aromatic heterocycles. The molecule has 0 amide bonds. The topological polar surface area (TPSA) is 62.2 Å². The smallest absolute Gasteiger partial charge is 0.156 e. The van der Waals surface area contributed by atoms with Crippen LogP contribution < -0.4 is 9.12 Å². The van der Waals surface area contributed by atoms with Gasteiger partial charge in [0.2, 0.25) is 0 Å². The summed E-state index contributed by atoms with van der Waals surface area (Å²) in [5.41, 5.74) is 0. The first-order chi connectivity index (χ1) is 8.01. The van der Waals surface area contributed by atoms with Crippen LogP contribution in [0.5, 0.6) is 5.75 Å². The van der Waals surface area contributed by atoms with Crippen LogP contribution in [-0.4, -0.2) is 19.6 Å². The minimum absolute atomic E-state index is 0.0290. The first kappa shape index (κ1) is 15.7. The van der Waals surface area contributed by atoms with E-state index in [0.29, 0.717) is 9.96 Å². The number of nitrogens with one attached hydrogen (secondary N) is 2. The third-order valence-electron chi connectivity index (χ3n) is 3.35. The highest BCUT2D eigenvalue weighted by Crippen LogP contribution is 2.37. The molecule has 1 rings (SSSR count). The maximum Gasteiger partial charge on any atom is 0.156 e. The van der Waals surface area contributed by atoms with Crippen LogP contribution >= 0.6 is 11.3 Å². The molecule has 0 aromatic carbocycles. The van der Waals surface area contributed by atoms with Gasteiger partial charge in [-0.25, -0.2) is 13.4 Å². The Hall–Kier alpha value is -0.373. The van der Waals surface area contributed by atoms with Crippen LogP contribution in [0.2, 0.25) is 18.1 Å². The van der Waals surface area contributed by atoms with Crippen molar-refractivity contribution in [2.24, 2.45) is 0 Å². The van der Waals surface area contributed by atoms with Crippen LogP contribution in [0.15, 0.2) is 15.7 Å². The largest absolute Gasteiger partial charge is 0.495 e. The van der Waals surface area contributed by atoms with Gasteiger partial charge in [-0.1, -0.05) is 33.9 Å². The van der Waals surface area contributed by atoms with E-state index < -0.39 is 18.2 Å². The van der Waals surface area contributed by atoms with Crippen molar-refractivity contribution in [3.05, 3.63) is 11.4 Å². The van der Waals surface area contributed by atoms with E-state index in [9.17, 15) is 4.21 Å². The Labute approximate surface area is 115 Å². The van der Waals surface area contributed by atoms with Crippen molar-refractivity contribution in [2.45, 2.75) is 43.1 Å². The van der Waals surface area contributed by atoms with Crippen LogP contribution in [0, 0.1) is 4.78 Å². The molecule has 0 radical (unpaired) electrons. The molecule has 0 fully saturated rings. The van der Waals surface area contributed by atoms with E-state index in [1.807, 2.05) is 0 Å². The second-order valence-electron chi connectivity index (χ2n) is 5.81. The van der Waals surface area contributed by atoms with Gasteiger partial charge in [0.05, 0.1) is 7.11 Å². The molecule has 18 heavy (non-hydrogen) atoms. The molecule has 1 aromatic rings. The summed E-state index contributed by atoms with van der Waals surface area (Å²) in [5, 5.41) is 1.83. The van der Waals surface area contributed by atoms with E-state index in [0.717, 1.165) is 0 Å². The second kappa shape index (κ2) is 4.95. The molecule has 4 nitrogen and oxygen atoms in total. The lowest BCUT2D eigenvalue weighted by atomic mass is 10.2. The lowest BCUT2D eigenvalue weighted by Gasteiger charge is -2.37. The van der Waals surface area contributed by atoms with Crippen LogP contribution in [0.1, 0.15) is 20.8 Å². The van der Waals surface area contributed by atoms with E-state index in [1.54, 1.807) is 11.4 Å². The molecule has 0 aliphatic carbocycles. The molecular weight excluding hydrogens is 284 g/mol. The van der Waals surface area contributed by atoms with Gasteiger partial charge in [-0.2, -0.15) is 0 Å². The molecule has 0 bridgehead atoms. The van der Waals surface area contributed by atoms with Gasteiger partial charge in [-0.3, -0.25) is 0 Å². The van der Waals surface area contributed by atoms with Crippen molar-refractivity contribution in [1.82, 2.24) is 4.39 Å². The summed E-state index contributed by atoms with van der Waals surface area (Å²) in [4.78, 5) is 0. The van der Waals surface area contributed by atoms with E-state index in [4.69, 9.17) is 9.52 Å². The Morgan fingerprint density at radius 1 is 1.44 bits per heavy atom. The molecule has 0 saturated carbocycles. The van der Waals surface area contributed by atoms with Crippen molar-refractivity contribution in [1.29, 1.82) is 4.78 Å². The number of hydrogen-bond donors (Lipinski definition) is 2. The Kier molecular flexibility index (Phi) is 4.32. The average Bonchev–Trinajstić information content (AvgIpc) is 2.62. The normalized spacial score (nSPS) is 16.3. The van der Waals surface area contributed by atoms with Crippen molar-refractivity contribution in [3.8, 4) is 5.75 Å². The van der Waals surface area contributed by atoms with Gasteiger partial charge in [-0.05, 0) is 16.5 Å². The number of ether oxygens (including phenoxy) is 1. The van der Waals surface area contributed by atoms with E-state index >= 15 is 0 Å². The molecule has 104 valence electrons. The third-order valence-corrected chi connectivity index (χ3v) is 12.7. The zero-order valence-corrected chi connectivity index (χ0v) is 14.4. The van der Waals surface area contributed by atoms with E-state index in [2.05, 4.69) is 38.3 Å². The fraction of sp³-hybridized carbons (Fsp3) is 0.636. The Morgan fingerprint density at radius 2 is 2.00 bits per heavy atom. The SMILES string of the molecule is COc1ccsc1S(=N)(=O)N[Si](C)(C)C(C)(C)C. The highest BCUT2D eigenvalue weighted by molar-refractivity contribution is 7.94. The van der Waals surface area contributed by atoms with E-state index in [-0.39, 0.29) is 5.04 Å². The predicted molar refractivity (Wildman–Crippen MR) is 80.3 cm³/mol. The first-order valence-electron chi connectivity index (χ1n) is 5.70. The van der Waals surface area contributed by atoms with Gasteiger partial charge in [0, 0.05) is 0 Å². The summed E-state index contributed by atoms with van der Waals surface area (Å²) >= 11 is 1.30. The lowest BCUT2D eigenvalue weighted by molar-refractivity contribution is 0.407. The Balaban J connectivity index is 3.11. The van der Waals surface area contributed by atoms with Gasteiger partial charge in [0.15, 0.2) is 4.21 Å². The summed E-state index contributed by atoms with van der Waals surface area (Å²) in [6.07, 6.45) is 0. The predicted octanol–water partition coefficient (Wildman–Crippen LogP) is 3.67. The average molecular weight is 307 g/mol. The van der Waals surface area contributed by atoms with Crippen molar-refractivity contribution in [3.63, 3.8) is 0 Å². The zero-order chi connectivity index (χ0) is 14.2. The quantitative estimate of drug-likeness (QED) is 0.834. The molecule has 0 saturated heterocycles. The highest BCUT2D eigenvalue weighted by Gasteiger charge is 2.39. The lowest BCUT2D eigenvalue weighted by Crippen LogP contribution is -2.53. The zero-order valence-electron chi connectivity index (χ0n) is 11.8. The summed E-state index contributed by atoms with van der Waals surface area (Å²) in [6.45, 7) is 10.6. The second-order valence-corrected chi connectivity index (χ2v) is 14.1. The van der Waals surface area contributed by atoms with Crippen LogP contribution in [0.25, 0.3) is 0 Å². The molecule has 2 N–H and O–H groups in total. The molecule has 7 heteroatoms. The molecule has 0 aliphatic rings. The molecule has 0 spiro atoms. The summed E-state index contributed by atoms with van der Waals surface area (Å²) in [7, 11) is -3.45. The van der Waals surface area contributed by atoms with Gasteiger partial charge in [0.1, 0.15) is 23.9 Å². The van der Waals surface area contributed by atoms with Crippen molar-refractivity contribution in [2.75, 3.05) is 7.11 Å². The minimum Gasteiger partial charge on any atom is -0.495 e. The van der Waals surface area contributed by atoms with Gasteiger partial charge >= 0.3 is 0 Å². The van der Waals surface area contributed by atoms with Gasteiger partial charge in [-0.15, -0.1) is 11.3 Å². The van der Waals surface area contributed by atoms with Crippen molar-refractivity contribution < 1.29 is 8.95 Å².